The maximum Gasteiger partial charge on any atom is 0.214 e. The van der Waals surface area contributed by atoms with Crippen LogP contribution in [-0.2, 0) is 0 Å². The van der Waals surface area contributed by atoms with Gasteiger partial charge in [-0.2, -0.15) is 0 Å². The smallest absolute Gasteiger partial charge is 0.214 e. The summed E-state index contributed by atoms with van der Waals surface area (Å²) in [7, 11) is 0. The Morgan fingerprint density at radius 2 is 2.00 bits per heavy atom. The summed E-state index contributed by atoms with van der Waals surface area (Å²) in [5.41, 5.74) is 0. The van der Waals surface area contributed by atoms with E-state index in [1.54, 1.807) is 0 Å². The molecule has 0 atom stereocenters. The van der Waals surface area contributed by atoms with Crippen molar-refractivity contribution in [1.29, 1.82) is 0 Å². The number of thiophene rings is 2. The third-order valence-electron chi connectivity index (χ3n) is 1.81. The van der Waals surface area contributed by atoms with Gasteiger partial charge in [-0.3, -0.25) is 4.79 Å². The lowest BCUT2D eigenvalue weighted by atomic mass is 10.3. The molecule has 0 amide bonds. The third kappa shape index (κ3) is 2.41. The standard InChI is InChI=1S/C10H6Br2OS2/c1-5-4-6(11)10(14-5)9(13)7-2-3-8(12)15-7/h2-4H,1H3. The molecule has 0 saturated heterocycles. The Kier molecular flexibility index (Phi) is 3.45. The Balaban J connectivity index is 2.40. The Labute approximate surface area is 112 Å². The number of ketones is 1. The lowest BCUT2D eigenvalue weighted by Gasteiger charge is -1.93. The van der Waals surface area contributed by atoms with Gasteiger partial charge in [-0.25, -0.2) is 0 Å². The minimum Gasteiger partial charge on any atom is -0.287 e. The molecule has 0 spiro atoms. The summed E-state index contributed by atoms with van der Waals surface area (Å²) in [6.07, 6.45) is 0. The predicted octanol–water partition coefficient (Wildman–Crippen LogP) is 4.87. The highest BCUT2D eigenvalue weighted by Gasteiger charge is 2.16. The zero-order chi connectivity index (χ0) is 11.0. The van der Waals surface area contributed by atoms with Gasteiger partial charge in [0.25, 0.3) is 0 Å². The minimum absolute atomic E-state index is 0.0932. The zero-order valence-corrected chi connectivity index (χ0v) is 12.5. The zero-order valence-electron chi connectivity index (χ0n) is 7.71. The van der Waals surface area contributed by atoms with Crippen molar-refractivity contribution < 1.29 is 4.79 Å². The first-order valence-corrected chi connectivity index (χ1v) is 7.36. The van der Waals surface area contributed by atoms with Crippen LogP contribution in [0, 0.1) is 6.92 Å². The molecule has 2 heterocycles. The van der Waals surface area contributed by atoms with Gasteiger partial charge in [-0.15, -0.1) is 22.7 Å². The summed E-state index contributed by atoms with van der Waals surface area (Å²) in [6, 6.07) is 5.71. The van der Waals surface area contributed by atoms with Crippen molar-refractivity contribution in [1.82, 2.24) is 0 Å². The molecule has 2 aromatic heterocycles. The Hall–Kier alpha value is 0.0300. The van der Waals surface area contributed by atoms with Crippen LogP contribution in [-0.4, -0.2) is 5.78 Å². The molecule has 2 aromatic rings. The first-order valence-electron chi connectivity index (χ1n) is 4.14. The van der Waals surface area contributed by atoms with Crippen LogP contribution >= 0.6 is 54.5 Å². The van der Waals surface area contributed by atoms with Gasteiger partial charge in [0.15, 0.2) is 0 Å². The molecule has 78 valence electrons. The lowest BCUT2D eigenvalue weighted by Crippen LogP contribution is -1.95. The fourth-order valence-electron chi connectivity index (χ4n) is 1.19. The molecule has 0 N–H and O–H groups in total. The molecule has 0 aliphatic rings. The van der Waals surface area contributed by atoms with Gasteiger partial charge in [0.05, 0.1) is 13.5 Å². The Bertz CT molecular complexity index is 513. The van der Waals surface area contributed by atoms with Crippen LogP contribution in [0.5, 0.6) is 0 Å². The summed E-state index contributed by atoms with van der Waals surface area (Å²) in [5.74, 6) is 0.0932. The molecule has 0 radical (unpaired) electrons. The SMILES string of the molecule is Cc1cc(Br)c(C(=O)c2ccc(Br)s2)s1. The van der Waals surface area contributed by atoms with Crippen LogP contribution in [0.1, 0.15) is 19.4 Å². The van der Waals surface area contributed by atoms with Gasteiger partial charge >= 0.3 is 0 Å². The maximum atomic E-state index is 12.1. The molecule has 2 rings (SSSR count). The number of hydrogen-bond donors (Lipinski definition) is 0. The summed E-state index contributed by atoms with van der Waals surface area (Å²) in [5, 5.41) is 0. The van der Waals surface area contributed by atoms with Gasteiger partial charge in [0.1, 0.15) is 0 Å². The average molecular weight is 366 g/mol. The summed E-state index contributed by atoms with van der Waals surface area (Å²) in [4.78, 5) is 14.8. The highest BCUT2D eigenvalue weighted by atomic mass is 79.9. The summed E-state index contributed by atoms with van der Waals surface area (Å²) >= 11 is 9.74. The second-order valence-corrected chi connectivity index (χ2v) is 7.54. The first kappa shape index (κ1) is 11.5. The van der Waals surface area contributed by atoms with Gasteiger partial charge in [0, 0.05) is 9.35 Å². The molecule has 0 aromatic carbocycles. The van der Waals surface area contributed by atoms with Crippen molar-refractivity contribution in [2.75, 3.05) is 0 Å². The van der Waals surface area contributed by atoms with Crippen molar-refractivity contribution in [3.63, 3.8) is 0 Å². The fraction of sp³-hybridized carbons (Fsp3) is 0.100. The van der Waals surface area contributed by atoms with E-state index in [-0.39, 0.29) is 5.78 Å². The van der Waals surface area contributed by atoms with Crippen LogP contribution < -0.4 is 0 Å². The van der Waals surface area contributed by atoms with E-state index in [0.717, 1.165) is 22.9 Å². The molecule has 0 bridgehead atoms. The quantitative estimate of drug-likeness (QED) is 0.693. The van der Waals surface area contributed by atoms with Crippen molar-refractivity contribution in [2.45, 2.75) is 6.92 Å². The molecule has 15 heavy (non-hydrogen) atoms. The number of carbonyl (C=O) groups is 1. The highest BCUT2D eigenvalue weighted by Crippen LogP contribution is 2.32. The van der Waals surface area contributed by atoms with E-state index in [1.807, 2.05) is 25.1 Å². The predicted molar refractivity (Wildman–Crippen MR) is 72.2 cm³/mol. The van der Waals surface area contributed by atoms with E-state index in [1.165, 1.54) is 22.7 Å². The second-order valence-electron chi connectivity index (χ2n) is 2.97. The van der Waals surface area contributed by atoms with Gasteiger partial charge in [0.2, 0.25) is 5.78 Å². The summed E-state index contributed by atoms with van der Waals surface area (Å²) in [6.45, 7) is 2.00. The van der Waals surface area contributed by atoms with Crippen LogP contribution in [0.25, 0.3) is 0 Å². The molecular formula is C10H6Br2OS2. The van der Waals surface area contributed by atoms with Crippen LogP contribution in [0.4, 0.5) is 0 Å². The normalized spacial score (nSPS) is 10.6. The molecule has 0 unspecified atom stereocenters. The average Bonchev–Trinajstić information content (AvgIpc) is 2.71. The van der Waals surface area contributed by atoms with Crippen molar-refractivity contribution in [3.8, 4) is 0 Å². The van der Waals surface area contributed by atoms with E-state index in [9.17, 15) is 4.79 Å². The summed E-state index contributed by atoms with van der Waals surface area (Å²) < 4.78 is 1.87. The number of aryl methyl sites for hydroxylation is 1. The minimum atomic E-state index is 0.0932. The largest absolute Gasteiger partial charge is 0.287 e. The van der Waals surface area contributed by atoms with E-state index in [4.69, 9.17) is 0 Å². The molecule has 5 heteroatoms. The van der Waals surface area contributed by atoms with Crippen LogP contribution in [0.3, 0.4) is 0 Å². The Morgan fingerprint density at radius 1 is 1.27 bits per heavy atom. The van der Waals surface area contributed by atoms with Gasteiger partial charge < -0.3 is 0 Å². The lowest BCUT2D eigenvalue weighted by molar-refractivity contribution is 0.104. The maximum absolute atomic E-state index is 12.1. The number of carbonyl (C=O) groups excluding carboxylic acids is 1. The van der Waals surface area contributed by atoms with Crippen LogP contribution in [0.2, 0.25) is 0 Å². The molecule has 0 aliphatic heterocycles. The molecule has 0 aliphatic carbocycles. The second kappa shape index (κ2) is 4.49. The van der Waals surface area contributed by atoms with Crippen molar-refractivity contribution >= 4 is 60.3 Å². The van der Waals surface area contributed by atoms with Crippen LogP contribution in [0.15, 0.2) is 26.5 Å². The van der Waals surface area contributed by atoms with Gasteiger partial charge in [-0.1, -0.05) is 0 Å². The number of hydrogen-bond acceptors (Lipinski definition) is 3. The fourth-order valence-corrected chi connectivity index (χ4v) is 4.36. The number of halogens is 2. The third-order valence-corrected chi connectivity index (χ3v) is 5.37. The molecule has 1 nitrogen and oxygen atoms in total. The molecule has 0 fully saturated rings. The van der Waals surface area contributed by atoms with Crippen molar-refractivity contribution in [3.05, 3.63) is 41.1 Å². The van der Waals surface area contributed by atoms with Gasteiger partial charge in [-0.05, 0) is 57.0 Å². The Morgan fingerprint density at radius 3 is 2.47 bits per heavy atom. The van der Waals surface area contributed by atoms with Crippen molar-refractivity contribution in [2.24, 2.45) is 0 Å². The van der Waals surface area contributed by atoms with E-state index in [2.05, 4.69) is 31.9 Å². The number of rotatable bonds is 2. The van der Waals surface area contributed by atoms with E-state index in [0.29, 0.717) is 0 Å². The molecule has 0 saturated carbocycles. The molecular weight excluding hydrogens is 360 g/mol. The topological polar surface area (TPSA) is 17.1 Å². The van der Waals surface area contributed by atoms with E-state index < -0.39 is 0 Å². The highest BCUT2D eigenvalue weighted by molar-refractivity contribution is 9.11. The first-order chi connectivity index (χ1) is 7.08. The van der Waals surface area contributed by atoms with E-state index >= 15 is 0 Å². The monoisotopic (exact) mass is 364 g/mol.